The second-order valence-electron chi connectivity index (χ2n) is 6.76. The Balaban J connectivity index is 1.79. The summed E-state index contributed by atoms with van der Waals surface area (Å²) >= 11 is 0. The monoisotopic (exact) mass is 387 g/mol. The minimum atomic E-state index is -0.525. The van der Waals surface area contributed by atoms with E-state index >= 15 is 0 Å². The van der Waals surface area contributed by atoms with E-state index in [0.717, 1.165) is 11.3 Å². The standard InChI is InChI=1S/C22H21N5O2/c1-15(2)14-29-18-10-6-7-16(11-18)13-24-27-22-25-20(17-8-4-3-5-9-17)19(12-23)21(28)26-22/h3-11,13,15H,14H2,1-2H3,(H2,25,26,27,28). The molecule has 0 bridgehead atoms. The van der Waals surface area contributed by atoms with Crippen LogP contribution in [0.2, 0.25) is 0 Å². The summed E-state index contributed by atoms with van der Waals surface area (Å²) in [6, 6.07) is 18.5. The van der Waals surface area contributed by atoms with E-state index in [1.165, 1.54) is 0 Å². The van der Waals surface area contributed by atoms with Crippen molar-refractivity contribution in [3.63, 3.8) is 0 Å². The van der Waals surface area contributed by atoms with Gasteiger partial charge in [0, 0.05) is 5.56 Å². The molecule has 3 aromatic rings. The average molecular weight is 387 g/mol. The van der Waals surface area contributed by atoms with Crippen LogP contribution in [0.3, 0.4) is 0 Å². The Bertz CT molecular complexity index is 1100. The number of hydrogen-bond donors (Lipinski definition) is 2. The molecular formula is C22H21N5O2. The topological polar surface area (TPSA) is 103 Å². The SMILES string of the molecule is CC(C)COc1cccc(C=NNc2nc(-c3ccccc3)c(C#N)c(=O)[nH]2)c1. The first-order valence-electron chi connectivity index (χ1n) is 9.18. The first-order chi connectivity index (χ1) is 14.1. The Hall–Kier alpha value is -3.92. The normalized spacial score (nSPS) is 10.8. The van der Waals surface area contributed by atoms with E-state index in [4.69, 9.17) is 4.74 Å². The largest absolute Gasteiger partial charge is 0.493 e. The van der Waals surface area contributed by atoms with Gasteiger partial charge < -0.3 is 4.74 Å². The van der Waals surface area contributed by atoms with Crippen LogP contribution >= 0.6 is 0 Å². The lowest BCUT2D eigenvalue weighted by Gasteiger charge is -2.08. The molecule has 1 aromatic heterocycles. The Labute approximate surface area is 168 Å². The molecule has 0 amide bonds. The number of ether oxygens (including phenoxy) is 1. The van der Waals surface area contributed by atoms with Gasteiger partial charge >= 0.3 is 0 Å². The lowest BCUT2D eigenvalue weighted by Crippen LogP contribution is -2.16. The predicted octanol–water partition coefficient (Wildman–Crippen LogP) is 3.79. The first-order valence-corrected chi connectivity index (χ1v) is 9.18. The van der Waals surface area contributed by atoms with E-state index in [-0.39, 0.29) is 11.5 Å². The molecule has 3 rings (SSSR count). The Kier molecular flexibility index (Phi) is 6.38. The van der Waals surface area contributed by atoms with Crippen LogP contribution in [0, 0.1) is 17.2 Å². The second-order valence-corrected chi connectivity index (χ2v) is 6.76. The summed E-state index contributed by atoms with van der Waals surface area (Å²) < 4.78 is 5.71. The zero-order chi connectivity index (χ0) is 20.6. The van der Waals surface area contributed by atoms with Gasteiger partial charge in [-0.05, 0) is 23.6 Å². The summed E-state index contributed by atoms with van der Waals surface area (Å²) in [6.45, 7) is 4.81. The van der Waals surface area contributed by atoms with Crippen LogP contribution < -0.4 is 15.7 Å². The van der Waals surface area contributed by atoms with Crippen LogP contribution in [-0.4, -0.2) is 22.8 Å². The van der Waals surface area contributed by atoms with Gasteiger partial charge in [0.15, 0.2) is 0 Å². The molecule has 0 fully saturated rings. The first kappa shape index (κ1) is 19.8. The molecule has 1 heterocycles. The Morgan fingerprint density at radius 1 is 1.24 bits per heavy atom. The number of nitriles is 1. The highest BCUT2D eigenvalue weighted by molar-refractivity contribution is 5.80. The third-order valence-electron chi connectivity index (χ3n) is 3.90. The van der Waals surface area contributed by atoms with Crippen LogP contribution in [0.25, 0.3) is 11.3 Å². The summed E-state index contributed by atoms with van der Waals surface area (Å²) in [5.41, 5.74) is 3.97. The number of hydrogen-bond acceptors (Lipinski definition) is 6. The predicted molar refractivity (Wildman–Crippen MR) is 113 cm³/mol. The fraction of sp³-hybridized carbons (Fsp3) is 0.182. The lowest BCUT2D eigenvalue weighted by atomic mass is 10.1. The second kappa shape index (κ2) is 9.33. The summed E-state index contributed by atoms with van der Waals surface area (Å²) in [5, 5.41) is 13.4. The van der Waals surface area contributed by atoms with Crippen LogP contribution in [0.5, 0.6) is 5.75 Å². The molecule has 0 unspecified atom stereocenters. The fourth-order valence-electron chi connectivity index (χ4n) is 2.55. The molecule has 0 saturated carbocycles. The van der Waals surface area contributed by atoms with Crippen LogP contribution in [0.1, 0.15) is 25.0 Å². The van der Waals surface area contributed by atoms with E-state index in [2.05, 4.69) is 34.3 Å². The molecule has 7 heteroatoms. The molecule has 0 radical (unpaired) electrons. The molecular weight excluding hydrogens is 366 g/mol. The Morgan fingerprint density at radius 2 is 2.03 bits per heavy atom. The van der Waals surface area contributed by atoms with Crippen LogP contribution in [-0.2, 0) is 0 Å². The van der Waals surface area contributed by atoms with Gasteiger partial charge in [-0.3, -0.25) is 9.78 Å². The number of nitrogens with zero attached hydrogens (tertiary/aromatic N) is 3. The minimum Gasteiger partial charge on any atom is -0.493 e. The maximum atomic E-state index is 12.2. The summed E-state index contributed by atoms with van der Waals surface area (Å²) in [4.78, 5) is 19.1. The number of rotatable bonds is 7. The average Bonchev–Trinajstić information content (AvgIpc) is 2.73. The summed E-state index contributed by atoms with van der Waals surface area (Å²) in [7, 11) is 0. The highest BCUT2D eigenvalue weighted by atomic mass is 16.5. The van der Waals surface area contributed by atoms with E-state index in [0.29, 0.717) is 23.8 Å². The van der Waals surface area contributed by atoms with E-state index in [1.807, 2.05) is 48.5 Å². The van der Waals surface area contributed by atoms with Crippen molar-refractivity contribution in [1.82, 2.24) is 9.97 Å². The smallest absolute Gasteiger partial charge is 0.270 e. The van der Waals surface area contributed by atoms with Crippen molar-refractivity contribution in [2.24, 2.45) is 11.0 Å². The highest BCUT2D eigenvalue weighted by Gasteiger charge is 2.12. The van der Waals surface area contributed by atoms with Gasteiger partial charge in [0.05, 0.1) is 18.5 Å². The number of benzene rings is 2. The maximum absolute atomic E-state index is 12.2. The number of nitrogens with one attached hydrogen (secondary N) is 2. The number of H-pyrrole nitrogens is 1. The third-order valence-corrected chi connectivity index (χ3v) is 3.90. The fourth-order valence-corrected chi connectivity index (χ4v) is 2.55. The quantitative estimate of drug-likeness (QED) is 0.474. The number of aromatic nitrogens is 2. The van der Waals surface area contributed by atoms with E-state index < -0.39 is 5.56 Å². The lowest BCUT2D eigenvalue weighted by molar-refractivity contribution is 0.271. The number of hydrazone groups is 1. The molecule has 29 heavy (non-hydrogen) atoms. The molecule has 7 nitrogen and oxygen atoms in total. The van der Waals surface area contributed by atoms with Crippen LogP contribution in [0.15, 0.2) is 64.5 Å². The number of aromatic amines is 1. The molecule has 2 N–H and O–H groups in total. The van der Waals surface area contributed by atoms with Crippen molar-refractivity contribution in [2.45, 2.75) is 13.8 Å². The van der Waals surface area contributed by atoms with Crippen LogP contribution in [0.4, 0.5) is 5.95 Å². The van der Waals surface area contributed by atoms with Gasteiger partial charge in [-0.15, -0.1) is 0 Å². The highest BCUT2D eigenvalue weighted by Crippen LogP contribution is 2.19. The van der Waals surface area contributed by atoms with Gasteiger partial charge in [0.25, 0.3) is 5.56 Å². The van der Waals surface area contributed by atoms with E-state index in [9.17, 15) is 10.1 Å². The molecule has 0 atom stereocenters. The van der Waals surface area contributed by atoms with Gasteiger partial charge in [0.1, 0.15) is 17.4 Å². The molecule has 0 aliphatic heterocycles. The zero-order valence-electron chi connectivity index (χ0n) is 16.2. The van der Waals surface area contributed by atoms with Gasteiger partial charge in [-0.2, -0.15) is 10.4 Å². The molecule has 0 saturated heterocycles. The molecule has 0 spiro atoms. The Morgan fingerprint density at radius 3 is 2.76 bits per heavy atom. The summed E-state index contributed by atoms with van der Waals surface area (Å²) in [5.74, 6) is 1.35. The van der Waals surface area contributed by atoms with Crippen molar-refractivity contribution < 1.29 is 4.74 Å². The minimum absolute atomic E-state index is 0.0410. The maximum Gasteiger partial charge on any atom is 0.270 e. The van der Waals surface area contributed by atoms with E-state index in [1.54, 1.807) is 18.3 Å². The molecule has 0 aliphatic rings. The van der Waals surface area contributed by atoms with Gasteiger partial charge in [-0.1, -0.05) is 56.3 Å². The van der Waals surface area contributed by atoms with Gasteiger partial charge in [-0.25, -0.2) is 10.4 Å². The van der Waals surface area contributed by atoms with Crippen molar-refractivity contribution in [3.8, 4) is 23.1 Å². The van der Waals surface area contributed by atoms with Gasteiger partial charge in [0.2, 0.25) is 5.95 Å². The van der Waals surface area contributed by atoms with Crippen molar-refractivity contribution in [1.29, 1.82) is 5.26 Å². The van der Waals surface area contributed by atoms with Crippen molar-refractivity contribution in [3.05, 3.63) is 76.1 Å². The molecule has 0 aliphatic carbocycles. The molecule has 2 aromatic carbocycles. The molecule has 146 valence electrons. The summed E-state index contributed by atoms with van der Waals surface area (Å²) in [6.07, 6.45) is 1.60. The third kappa shape index (κ3) is 5.30. The van der Waals surface area contributed by atoms with Crippen molar-refractivity contribution >= 4 is 12.2 Å². The number of anilines is 1. The van der Waals surface area contributed by atoms with Crippen molar-refractivity contribution in [2.75, 3.05) is 12.0 Å². The zero-order valence-corrected chi connectivity index (χ0v) is 16.2.